The van der Waals surface area contributed by atoms with E-state index in [0.717, 1.165) is 0 Å². The first-order valence-electron chi connectivity index (χ1n) is 3.32. The van der Waals surface area contributed by atoms with Gasteiger partial charge in [-0.3, -0.25) is 4.79 Å². The summed E-state index contributed by atoms with van der Waals surface area (Å²) in [6.45, 7) is 1.55. The van der Waals surface area contributed by atoms with E-state index in [0.29, 0.717) is 12.0 Å². The lowest BCUT2D eigenvalue weighted by atomic mass is 10.1. The summed E-state index contributed by atoms with van der Waals surface area (Å²) in [7, 11) is 1.40. The van der Waals surface area contributed by atoms with Crippen molar-refractivity contribution in [3.63, 3.8) is 0 Å². The summed E-state index contributed by atoms with van der Waals surface area (Å²) >= 11 is 0. The second-order valence-corrected chi connectivity index (χ2v) is 2.24. The maximum Gasteiger partial charge on any atom is 0.347 e. The Morgan fingerprint density at radius 2 is 2.17 bits per heavy atom. The maximum absolute atomic E-state index is 11.0. The van der Waals surface area contributed by atoms with Crippen molar-refractivity contribution < 1.29 is 19.1 Å². The number of carbonyl (C=O) groups excluding carboxylic acids is 2. The van der Waals surface area contributed by atoms with Gasteiger partial charge in [0.25, 0.3) is 0 Å². The quantitative estimate of drug-likeness (QED) is 0.261. The molecule has 0 saturated carbocycles. The van der Waals surface area contributed by atoms with Gasteiger partial charge in [0, 0.05) is 0 Å². The van der Waals surface area contributed by atoms with E-state index in [-0.39, 0.29) is 11.1 Å². The summed E-state index contributed by atoms with van der Waals surface area (Å²) in [4.78, 5) is 21.4. The van der Waals surface area contributed by atoms with E-state index in [2.05, 4.69) is 4.74 Å². The third-order valence-electron chi connectivity index (χ3n) is 1.49. The second-order valence-electron chi connectivity index (χ2n) is 2.24. The number of hydrogen-bond acceptors (Lipinski definition) is 4. The zero-order valence-electron chi connectivity index (χ0n) is 6.79. The Kier molecular flexibility index (Phi) is 2.28. The highest BCUT2D eigenvalue weighted by Crippen LogP contribution is 2.23. The number of rotatable bonds is 2. The van der Waals surface area contributed by atoms with E-state index in [4.69, 9.17) is 4.74 Å². The number of hydrogen-bond donors (Lipinski definition) is 0. The van der Waals surface area contributed by atoms with Crippen LogP contribution in [0.25, 0.3) is 0 Å². The highest BCUT2D eigenvalue weighted by atomic mass is 16.5. The van der Waals surface area contributed by atoms with Gasteiger partial charge in [-0.05, 0) is 6.92 Å². The predicted molar refractivity (Wildman–Crippen MR) is 39.9 cm³/mol. The standard InChI is InChI=1S/C8H8O4/c1-5-6(3-9)7(4-11-2)8(10)12-5/h3-4H,1-2H3/b7-4+. The average molecular weight is 168 g/mol. The number of esters is 1. The molecule has 0 fully saturated rings. The molecule has 0 aliphatic carbocycles. The molecule has 1 rings (SSSR count). The molecule has 0 N–H and O–H groups in total. The Hall–Kier alpha value is -1.58. The fourth-order valence-corrected chi connectivity index (χ4v) is 0.925. The van der Waals surface area contributed by atoms with Crippen LogP contribution in [-0.4, -0.2) is 19.4 Å². The smallest absolute Gasteiger partial charge is 0.347 e. The van der Waals surface area contributed by atoms with Crippen LogP contribution in [0, 0.1) is 0 Å². The molecule has 12 heavy (non-hydrogen) atoms. The summed E-state index contributed by atoms with van der Waals surface area (Å²) in [5.41, 5.74) is 0.423. The lowest BCUT2D eigenvalue weighted by Gasteiger charge is -1.92. The first-order valence-corrected chi connectivity index (χ1v) is 3.32. The lowest BCUT2D eigenvalue weighted by molar-refractivity contribution is -0.133. The van der Waals surface area contributed by atoms with Crippen molar-refractivity contribution in [2.45, 2.75) is 6.92 Å². The Labute approximate surface area is 69.5 Å². The van der Waals surface area contributed by atoms with E-state index < -0.39 is 5.97 Å². The third kappa shape index (κ3) is 1.23. The fraction of sp³-hybridized carbons (Fsp3) is 0.250. The summed E-state index contributed by atoms with van der Waals surface area (Å²) in [5.74, 6) is -0.227. The average Bonchev–Trinajstić information content (AvgIpc) is 2.28. The molecule has 64 valence electrons. The van der Waals surface area contributed by atoms with E-state index in [1.807, 2.05) is 0 Å². The Morgan fingerprint density at radius 3 is 2.67 bits per heavy atom. The normalized spacial score (nSPS) is 19.8. The van der Waals surface area contributed by atoms with Crippen molar-refractivity contribution in [2.75, 3.05) is 7.11 Å². The topological polar surface area (TPSA) is 52.6 Å². The molecule has 0 unspecified atom stereocenters. The first kappa shape index (κ1) is 8.52. The lowest BCUT2D eigenvalue weighted by Crippen LogP contribution is -1.99. The second kappa shape index (κ2) is 3.21. The Balaban J connectivity index is 3.07. The van der Waals surface area contributed by atoms with Gasteiger partial charge in [-0.1, -0.05) is 0 Å². The molecule has 1 aliphatic heterocycles. The maximum atomic E-state index is 11.0. The van der Waals surface area contributed by atoms with Crippen LogP contribution in [0.15, 0.2) is 23.2 Å². The van der Waals surface area contributed by atoms with Gasteiger partial charge in [-0.25, -0.2) is 4.79 Å². The van der Waals surface area contributed by atoms with Crippen LogP contribution in [0.1, 0.15) is 6.92 Å². The van der Waals surface area contributed by atoms with Gasteiger partial charge >= 0.3 is 5.97 Å². The van der Waals surface area contributed by atoms with Crippen LogP contribution in [0.3, 0.4) is 0 Å². The van der Waals surface area contributed by atoms with Gasteiger partial charge in [-0.2, -0.15) is 0 Å². The highest BCUT2D eigenvalue weighted by molar-refractivity contribution is 6.05. The molecule has 0 aromatic heterocycles. The van der Waals surface area contributed by atoms with Crippen molar-refractivity contribution in [3.05, 3.63) is 23.2 Å². The Bertz CT molecular complexity index is 285. The van der Waals surface area contributed by atoms with Crippen LogP contribution in [0.4, 0.5) is 0 Å². The molecule has 4 nitrogen and oxygen atoms in total. The number of ether oxygens (including phenoxy) is 2. The van der Waals surface area contributed by atoms with Gasteiger partial charge in [0.05, 0.1) is 18.9 Å². The third-order valence-corrected chi connectivity index (χ3v) is 1.49. The van der Waals surface area contributed by atoms with Crippen LogP contribution in [-0.2, 0) is 19.1 Å². The molecule has 0 amide bonds. The van der Waals surface area contributed by atoms with Crippen molar-refractivity contribution in [1.82, 2.24) is 0 Å². The number of methoxy groups -OCH3 is 1. The molecular weight excluding hydrogens is 160 g/mol. The van der Waals surface area contributed by atoms with E-state index in [1.54, 1.807) is 6.92 Å². The molecule has 0 bridgehead atoms. The van der Waals surface area contributed by atoms with Gasteiger partial charge in [0.2, 0.25) is 0 Å². The van der Waals surface area contributed by atoms with Crippen molar-refractivity contribution in [2.24, 2.45) is 0 Å². The molecule has 0 aromatic carbocycles. The largest absolute Gasteiger partial charge is 0.503 e. The summed E-state index contributed by atoms with van der Waals surface area (Å²) in [6.07, 6.45) is 1.77. The van der Waals surface area contributed by atoms with Crippen molar-refractivity contribution in [3.8, 4) is 0 Å². The minimum atomic E-state index is -0.545. The van der Waals surface area contributed by atoms with Crippen LogP contribution < -0.4 is 0 Å². The number of aldehydes is 1. The summed E-state index contributed by atoms with van der Waals surface area (Å²) in [5, 5.41) is 0. The van der Waals surface area contributed by atoms with Crippen LogP contribution >= 0.6 is 0 Å². The van der Waals surface area contributed by atoms with E-state index in [9.17, 15) is 9.59 Å². The molecular formula is C8H8O4. The van der Waals surface area contributed by atoms with Gasteiger partial charge < -0.3 is 9.47 Å². The molecule has 4 heteroatoms. The van der Waals surface area contributed by atoms with Crippen molar-refractivity contribution in [1.29, 1.82) is 0 Å². The fourth-order valence-electron chi connectivity index (χ4n) is 0.925. The van der Waals surface area contributed by atoms with E-state index >= 15 is 0 Å². The van der Waals surface area contributed by atoms with Crippen molar-refractivity contribution >= 4 is 12.3 Å². The minimum absolute atomic E-state index is 0.171. The van der Waals surface area contributed by atoms with Crippen LogP contribution in [0.5, 0.6) is 0 Å². The molecule has 0 aromatic rings. The molecule has 0 saturated heterocycles. The number of carbonyl (C=O) groups is 2. The van der Waals surface area contributed by atoms with Crippen LogP contribution in [0.2, 0.25) is 0 Å². The first-order chi connectivity index (χ1) is 5.70. The summed E-state index contributed by atoms with van der Waals surface area (Å²) < 4.78 is 9.31. The monoisotopic (exact) mass is 168 g/mol. The van der Waals surface area contributed by atoms with Gasteiger partial charge in [-0.15, -0.1) is 0 Å². The zero-order chi connectivity index (χ0) is 9.14. The molecule has 0 radical (unpaired) electrons. The number of allylic oxidation sites excluding steroid dienone is 1. The number of cyclic esters (lactones) is 1. The molecule has 0 spiro atoms. The minimum Gasteiger partial charge on any atom is -0.503 e. The predicted octanol–water partition coefficient (Wildman–Crippen LogP) is 0.546. The molecule has 0 atom stereocenters. The molecule has 1 heterocycles. The van der Waals surface area contributed by atoms with Gasteiger partial charge in [0.15, 0.2) is 6.29 Å². The SMILES string of the molecule is CO/C=C1/C(=O)OC(C)=C1C=O. The van der Waals surface area contributed by atoms with E-state index in [1.165, 1.54) is 13.4 Å². The summed E-state index contributed by atoms with van der Waals surface area (Å²) in [6, 6.07) is 0. The molecule has 1 aliphatic rings. The zero-order valence-corrected chi connectivity index (χ0v) is 6.79. The van der Waals surface area contributed by atoms with Gasteiger partial charge in [0.1, 0.15) is 11.3 Å². The Morgan fingerprint density at radius 1 is 1.50 bits per heavy atom. The highest BCUT2D eigenvalue weighted by Gasteiger charge is 2.27.